The molecule has 162 valence electrons. The van der Waals surface area contributed by atoms with E-state index in [9.17, 15) is 9.90 Å². The Bertz CT molecular complexity index is 1060. The summed E-state index contributed by atoms with van der Waals surface area (Å²) in [4.78, 5) is 14.1. The van der Waals surface area contributed by atoms with Crippen molar-refractivity contribution < 1.29 is 14.6 Å². The van der Waals surface area contributed by atoms with Gasteiger partial charge in [-0.1, -0.05) is 42.5 Å². The predicted octanol–water partition coefficient (Wildman–Crippen LogP) is 5.51. The van der Waals surface area contributed by atoms with E-state index in [2.05, 4.69) is 18.7 Å². The monoisotopic (exact) mass is 417 g/mol. The minimum Gasteiger partial charge on any atom is -0.462 e. The van der Waals surface area contributed by atoms with Crippen LogP contribution >= 0.6 is 0 Å². The number of aldehydes is 1. The zero-order valence-electron chi connectivity index (χ0n) is 19.0. The van der Waals surface area contributed by atoms with Gasteiger partial charge in [-0.25, -0.2) is 0 Å². The molecular formula is C27H31NO3. The number of aliphatic hydroxyl groups is 1. The molecule has 1 unspecified atom stereocenters. The van der Waals surface area contributed by atoms with Gasteiger partial charge in [-0.05, 0) is 64.0 Å². The van der Waals surface area contributed by atoms with Crippen LogP contribution in [-0.4, -0.2) is 29.4 Å². The number of allylic oxidation sites excluding steroid dienone is 4. The Morgan fingerprint density at radius 3 is 2.39 bits per heavy atom. The van der Waals surface area contributed by atoms with Crippen molar-refractivity contribution in [3.63, 3.8) is 0 Å². The van der Waals surface area contributed by atoms with Gasteiger partial charge in [0.25, 0.3) is 0 Å². The first-order valence-corrected chi connectivity index (χ1v) is 10.7. The topological polar surface area (TPSA) is 49.8 Å². The molecule has 3 rings (SSSR count). The number of aryl methyl sites for hydroxylation is 1. The van der Waals surface area contributed by atoms with E-state index in [0.29, 0.717) is 28.0 Å². The predicted molar refractivity (Wildman–Crippen MR) is 125 cm³/mol. The number of rotatable bonds is 5. The summed E-state index contributed by atoms with van der Waals surface area (Å²) in [7, 11) is 0. The van der Waals surface area contributed by atoms with Gasteiger partial charge in [-0.3, -0.25) is 4.79 Å². The maximum Gasteiger partial charge on any atom is 0.150 e. The average molecular weight is 418 g/mol. The van der Waals surface area contributed by atoms with E-state index >= 15 is 0 Å². The normalized spacial score (nSPS) is 20.4. The fourth-order valence-corrected chi connectivity index (χ4v) is 4.09. The molecule has 1 heterocycles. The highest BCUT2D eigenvalue weighted by atomic mass is 16.5. The van der Waals surface area contributed by atoms with Crippen molar-refractivity contribution in [2.45, 2.75) is 40.2 Å². The van der Waals surface area contributed by atoms with Gasteiger partial charge in [0.1, 0.15) is 23.4 Å². The van der Waals surface area contributed by atoms with Gasteiger partial charge in [0, 0.05) is 35.5 Å². The molecule has 1 atom stereocenters. The van der Waals surface area contributed by atoms with Gasteiger partial charge in [0.15, 0.2) is 0 Å². The highest BCUT2D eigenvalue weighted by molar-refractivity contribution is 5.79. The molecule has 2 aromatic carbocycles. The minimum absolute atomic E-state index is 0.446. The Morgan fingerprint density at radius 1 is 1.00 bits per heavy atom. The lowest BCUT2D eigenvalue weighted by atomic mass is 9.77. The molecule has 1 aliphatic rings. The van der Waals surface area contributed by atoms with E-state index in [0.717, 1.165) is 36.4 Å². The van der Waals surface area contributed by atoms with Crippen LogP contribution in [0.1, 0.15) is 54.7 Å². The molecular weight excluding hydrogens is 386 g/mol. The summed E-state index contributed by atoms with van der Waals surface area (Å²) in [6.07, 6.45) is 6.75. The first kappa shape index (κ1) is 22.6. The van der Waals surface area contributed by atoms with E-state index in [1.165, 1.54) is 0 Å². The van der Waals surface area contributed by atoms with Crippen molar-refractivity contribution in [2.75, 3.05) is 13.1 Å². The molecule has 0 saturated heterocycles. The maximum atomic E-state index is 12.2. The summed E-state index contributed by atoms with van der Waals surface area (Å²) < 4.78 is 6.28. The van der Waals surface area contributed by atoms with Crippen molar-refractivity contribution in [2.24, 2.45) is 0 Å². The number of fused-ring (bicyclic) bond motifs is 1. The van der Waals surface area contributed by atoms with Gasteiger partial charge < -0.3 is 14.7 Å². The largest absolute Gasteiger partial charge is 0.462 e. The molecule has 4 nitrogen and oxygen atoms in total. The summed E-state index contributed by atoms with van der Waals surface area (Å²) in [5, 5.41) is 12.2. The molecule has 0 saturated carbocycles. The van der Waals surface area contributed by atoms with E-state index in [-0.39, 0.29) is 0 Å². The van der Waals surface area contributed by atoms with Crippen molar-refractivity contribution in [1.29, 1.82) is 0 Å². The summed E-state index contributed by atoms with van der Waals surface area (Å²) in [5.41, 5.74) is 2.79. The minimum atomic E-state index is -1.52. The number of benzene rings is 2. The van der Waals surface area contributed by atoms with Gasteiger partial charge in [-0.15, -0.1) is 0 Å². The molecule has 4 heteroatoms. The molecule has 1 aliphatic heterocycles. The number of likely N-dealkylation sites (N-methyl/N-ethyl adjacent to an activating group) is 1. The average Bonchev–Trinajstić information content (AvgIpc) is 2.76. The van der Waals surface area contributed by atoms with Crippen LogP contribution in [-0.2, 0) is 5.60 Å². The van der Waals surface area contributed by atoms with Crippen molar-refractivity contribution in [1.82, 2.24) is 4.90 Å². The SMILES string of the molecule is CCN(CC)C1=C/C=C(\C)C(O)(c2ccccc2C=O)c2ccc(C)cc2OC(C)=C1. The third kappa shape index (κ3) is 4.35. The Hall–Kier alpha value is -3.11. The second-order valence-corrected chi connectivity index (χ2v) is 7.89. The lowest BCUT2D eigenvalue weighted by Crippen LogP contribution is -2.31. The van der Waals surface area contributed by atoms with Gasteiger partial charge in [-0.2, -0.15) is 0 Å². The molecule has 0 radical (unpaired) electrons. The molecule has 1 N–H and O–H groups in total. The summed E-state index contributed by atoms with van der Waals surface area (Å²) in [6.45, 7) is 11.7. The number of carbonyl (C=O) groups excluding carboxylic acids is 1. The Kier molecular flexibility index (Phi) is 6.81. The fraction of sp³-hybridized carbons (Fsp3) is 0.296. The van der Waals surface area contributed by atoms with Crippen LogP contribution in [0.5, 0.6) is 5.75 Å². The van der Waals surface area contributed by atoms with Crippen LogP contribution in [0, 0.1) is 6.92 Å². The molecule has 0 bridgehead atoms. The number of ether oxygens (including phenoxy) is 1. The van der Waals surface area contributed by atoms with Crippen molar-refractivity contribution >= 4 is 6.29 Å². The molecule has 0 aliphatic carbocycles. The molecule has 0 fully saturated rings. The van der Waals surface area contributed by atoms with Gasteiger partial charge >= 0.3 is 0 Å². The van der Waals surface area contributed by atoms with Crippen molar-refractivity contribution in [3.8, 4) is 5.75 Å². The Balaban J connectivity index is 2.36. The zero-order valence-corrected chi connectivity index (χ0v) is 19.0. The summed E-state index contributed by atoms with van der Waals surface area (Å²) >= 11 is 0. The number of hydrogen-bond acceptors (Lipinski definition) is 4. The quantitative estimate of drug-likeness (QED) is 0.652. The lowest BCUT2D eigenvalue weighted by molar-refractivity contribution is 0.107. The number of nitrogens with zero attached hydrogens (tertiary/aromatic N) is 1. The first-order chi connectivity index (χ1) is 14.8. The van der Waals surface area contributed by atoms with Gasteiger partial charge in [0.2, 0.25) is 0 Å². The molecule has 2 aromatic rings. The third-order valence-corrected chi connectivity index (χ3v) is 5.83. The molecule has 0 spiro atoms. The van der Waals surface area contributed by atoms with Crippen LogP contribution in [0.4, 0.5) is 0 Å². The fourth-order valence-electron chi connectivity index (χ4n) is 4.09. The summed E-state index contributed by atoms with van der Waals surface area (Å²) in [6, 6.07) is 12.9. The van der Waals surface area contributed by atoms with Crippen LogP contribution in [0.15, 0.2) is 77.7 Å². The van der Waals surface area contributed by atoms with E-state index in [4.69, 9.17) is 4.74 Å². The Morgan fingerprint density at radius 2 is 1.71 bits per heavy atom. The standard InChI is InChI=1S/C27H31NO3/c1-6-28(7-2)23-14-13-20(4)27(30,24-11-9-8-10-22(24)18-29)25-15-12-19(3)16-26(25)31-21(5)17-23/h8-18,30H,6-7H2,1-5H3/b20-13+,21-17?,23-14?. The van der Waals surface area contributed by atoms with Crippen LogP contribution in [0.2, 0.25) is 0 Å². The second-order valence-electron chi connectivity index (χ2n) is 7.89. The molecule has 31 heavy (non-hydrogen) atoms. The van der Waals surface area contributed by atoms with Crippen LogP contribution in [0.25, 0.3) is 0 Å². The Labute approximate surface area is 185 Å². The maximum absolute atomic E-state index is 12.2. The van der Waals surface area contributed by atoms with E-state index < -0.39 is 5.60 Å². The zero-order chi connectivity index (χ0) is 22.6. The van der Waals surface area contributed by atoms with E-state index in [1.807, 2.05) is 63.3 Å². The molecule has 0 amide bonds. The molecule has 0 aromatic heterocycles. The number of carbonyl (C=O) groups is 1. The van der Waals surface area contributed by atoms with Crippen LogP contribution in [0.3, 0.4) is 0 Å². The number of hydrogen-bond donors (Lipinski definition) is 1. The van der Waals surface area contributed by atoms with Crippen molar-refractivity contribution in [3.05, 3.63) is 100.0 Å². The van der Waals surface area contributed by atoms with E-state index in [1.54, 1.807) is 18.2 Å². The second kappa shape index (κ2) is 9.36. The lowest BCUT2D eigenvalue weighted by Gasteiger charge is -2.34. The third-order valence-electron chi connectivity index (χ3n) is 5.83. The van der Waals surface area contributed by atoms with Gasteiger partial charge in [0.05, 0.1) is 0 Å². The highest BCUT2D eigenvalue weighted by Crippen LogP contribution is 2.43. The highest BCUT2D eigenvalue weighted by Gasteiger charge is 2.38. The smallest absolute Gasteiger partial charge is 0.150 e. The summed E-state index contributed by atoms with van der Waals surface area (Å²) in [5.74, 6) is 1.30. The first-order valence-electron chi connectivity index (χ1n) is 10.7. The van der Waals surface area contributed by atoms with Crippen LogP contribution < -0.4 is 4.74 Å².